The van der Waals surface area contributed by atoms with E-state index in [1.165, 1.54) is 5.56 Å². The van der Waals surface area contributed by atoms with Crippen LogP contribution in [0.15, 0.2) is 0 Å². The molecule has 1 aromatic heterocycles. The van der Waals surface area contributed by atoms with Gasteiger partial charge >= 0.3 is 0 Å². The van der Waals surface area contributed by atoms with Gasteiger partial charge in [0.05, 0.1) is 0 Å². The summed E-state index contributed by atoms with van der Waals surface area (Å²) in [5.41, 5.74) is 3.02. The largest absolute Gasteiger partial charge is 0.367 e. The summed E-state index contributed by atoms with van der Waals surface area (Å²) in [4.78, 5) is 9.26. The molecule has 0 aliphatic carbocycles. The van der Waals surface area contributed by atoms with Crippen molar-refractivity contribution in [3.63, 3.8) is 0 Å². The number of nitrogens with one attached hydrogen (secondary N) is 1. The monoisotopic (exact) mass is 235 g/mol. The van der Waals surface area contributed by atoms with Crippen molar-refractivity contribution in [3.8, 4) is 0 Å². The van der Waals surface area contributed by atoms with Crippen molar-refractivity contribution >= 4 is 0 Å². The molecule has 0 bridgehead atoms. The highest BCUT2D eigenvalue weighted by Crippen LogP contribution is 2.33. The SMILES string of the molecule is CNCc1c(C)nc(C2(C)CCCO2)nc1C. The molecule has 0 saturated carbocycles. The summed E-state index contributed by atoms with van der Waals surface area (Å²) in [6.45, 7) is 7.81. The molecule has 0 aromatic carbocycles. The van der Waals surface area contributed by atoms with Crippen molar-refractivity contribution in [1.29, 1.82) is 0 Å². The predicted molar refractivity (Wildman–Crippen MR) is 66.8 cm³/mol. The van der Waals surface area contributed by atoms with Crippen molar-refractivity contribution in [3.05, 3.63) is 22.8 Å². The first kappa shape index (κ1) is 12.5. The minimum Gasteiger partial charge on any atom is -0.367 e. The Morgan fingerprint density at radius 1 is 1.29 bits per heavy atom. The van der Waals surface area contributed by atoms with E-state index in [1.54, 1.807) is 0 Å². The molecule has 1 unspecified atom stereocenters. The molecule has 4 nitrogen and oxygen atoms in total. The lowest BCUT2D eigenvalue weighted by molar-refractivity contribution is 0.00901. The van der Waals surface area contributed by atoms with Gasteiger partial charge < -0.3 is 10.1 Å². The number of nitrogens with zero attached hydrogens (tertiary/aromatic N) is 2. The molecule has 0 spiro atoms. The molecule has 1 saturated heterocycles. The van der Waals surface area contributed by atoms with Crippen LogP contribution in [-0.2, 0) is 16.9 Å². The Kier molecular flexibility index (Phi) is 3.45. The van der Waals surface area contributed by atoms with Crippen molar-refractivity contribution in [2.24, 2.45) is 0 Å². The van der Waals surface area contributed by atoms with Gasteiger partial charge in [-0.15, -0.1) is 0 Å². The van der Waals surface area contributed by atoms with Crippen molar-refractivity contribution in [2.45, 2.75) is 45.8 Å². The normalized spacial score (nSPS) is 24.2. The van der Waals surface area contributed by atoms with Crippen LogP contribution in [0.1, 0.15) is 42.5 Å². The molecular formula is C13H21N3O. The van der Waals surface area contributed by atoms with Crippen LogP contribution in [0.3, 0.4) is 0 Å². The molecule has 2 rings (SSSR count). The number of ether oxygens (including phenoxy) is 1. The predicted octanol–water partition coefficient (Wildman–Crippen LogP) is 1.84. The highest BCUT2D eigenvalue weighted by atomic mass is 16.5. The third-order valence-electron chi connectivity index (χ3n) is 3.47. The van der Waals surface area contributed by atoms with Crippen LogP contribution in [0, 0.1) is 13.8 Å². The molecule has 0 radical (unpaired) electrons. The van der Waals surface area contributed by atoms with Crippen molar-refractivity contribution < 1.29 is 4.74 Å². The first-order chi connectivity index (χ1) is 8.07. The maximum absolute atomic E-state index is 5.80. The Morgan fingerprint density at radius 2 is 1.94 bits per heavy atom. The highest BCUT2D eigenvalue weighted by Gasteiger charge is 2.35. The second kappa shape index (κ2) is 4.70. The minimum atomic E-state index is -0.284. The van der Waals surface area contributed by atoms with Gasteiger partial charge in [0.2, 0.25) is 0 Å². The van der Waals surface area contributed by atoms with Gasteiger partial charge in [-0.1, -0.05) is 0 Å². The first-order valence-corrected chi connectivity index (χ1v) is 6.20. The quantitative estimate of drug-likeness (QED) is 0.868. The number of aryl methyl sites for hydroxylation is 2. The summed E-state index contributed by atoms with van der Waals surface area (Å²) >= 11 is 0. The molecule has 4 heteroatoms. The smallest absolute Gasteiger partial charge is 0.160 e. The van der Waals surface area contributed by atoms with Gasteiger partial charge in [0.25, 0.3) is 0 Å². The zero-order chi connectivity index (χ0) is 12.5. The molecule has 1 fully saturated rings. The van der Waals surface area contributed by atoms with E-state index in [1.807, 2.05) is 20.9 Å². The lowest BCUT2D eigenvalue weighted by Gasteiger charge is -2.23. The molecule has 94 valence electrons. The molecular weight excluding hydrogens is 214 g/mol. The van der Waals surface area contributed by atoms with Gasteiger partial charge in [0.1, 0.15) is 5.60 Å². The zero-order valence-corrected chi connectivity index (χ0v) is 11.1. The third kappa shape index (κ3) is 2.33. The first-order valence-electron chi connectivity index (χ1n) is 6.20. The van der Waals surface area contributed by atoms with Crippen LogP contribution >= 0.6 is 0 Å². The number of aromatic nitrogens is 2. The third-order valence-corrected chi connectivity index (χ3v) is 3.47. The van der Waals surface area contributed by atoms with E-state index in [0.29, 0.717) is 0 Å². The Labute approximate surface area is 103 Å². The lowest BCUT2D eigenvalue weighted by atomic mass is 10.0. The topological polar surface area (TPSA) is 47.0 Å². The average Bonchev–Trinajstić information content (AvgIpc) is 2.72. The van der Waals surface area contributed by atoms with Crippen LogP contribution in [-0.4, -0.2) is 23.6 Å². The standard InChI is InChI=1S/C13H21N3O/c1-9-11(8-14-4)10(2)16-12(15-9)13(3)6-5-7-17-13/h14H,5-8H2,1-4H3. The Hall–Kier alpha value is -1.00. The van der Waals surface area contributed by atoms with E-state index in [-0.39, 0.29) is 5.60 Å². The van der Waals surface area contributed by atoms with E-state index in [4.69, 9.17) is 4.74 Å². The highest BCUT2D eigenvalue weighted by molar-refractivity contribution is 5.25. The fourth-order valence-corrected chi connectivity index (χ4v) is 2.36. The van der Waals surface area contributed by atoms with Crippen LogP contribution in [0.25, 0.3) is 0 Å². The lowest BCUT2D eigenvalue weighted by Crippen LogP contribution is -2.25. The Bertz CT molecular complexity index is 388. The second-order valence-electron chi connectivity index (χ2n) is 4.91. The molecule has 17 heavy (non-hydrogen) atoms. The molecule has 1 N–H and O–H groups in total. The Balaban J connectivity index is 2.38. The van der Waals surface area contributed by atoms with Crippen molar-refractivity contribution in [2.75, 3.05) is 13.7 Å². The molecule has 1 aliphatic heterocycles. The molecule has 1 atom stereocenters. The van der Waals surface area contributed by atoms with E-state index in [9.17, 15) is 0 Å². The fourth-order valence-electron chi connectivity index (χ4n) is 2.36. The summed E-state index contributed by atoms with van der Waals surface area (Å²) in [5.74, 6) is 0.838. The summed E-state index contributed by atoms with van der Waals surface area (Å²) in [6.07, 6.45) is 2.10. The summed E-state index contributed by atoms with van der Waals surface area (Å²) in [6, 6.07) is 0. The maximum atomic E-state index is 5.80. The van der Waals surface area contributed by atoms with E-state index in [2.05, 4.69) is 22.2 Å². The summed E-state index contributed by atoms with van der Waals surface area (Å²) in [7, 11) is 1.94. The molecule has 2 heterocycles. The maximum Gasteiger partial charge on any atom is 0.160 e. The molecule has 0 amide bonds. The Morgan fingerprint density at radius 3 is 2.41 bits per heavy atom. The van der Waals surface area contributed by atoms with Crippen LogP contribution < -0.4 is 5.32 Å². The summed E-state index contributed by atoms with van der Waals surface area (Å²) in [5, 5.41) is 3.15. The van der Waals surface area contributed by atoms with Gasteiger partial charge in [0.15, 0.2) is 5.82 Å². The van der Waals surface area contributed by atoms with Gasteiger partial charge in [-0.3, -0.25) is 0 Å². The van der Waals surface area contributed by atoms with Crippen LogP contribution in [0.2, 0.25) is 0 Å². The van der Waals surface area contributed by atoms with Gasteiger partial charge in [-0.25, -0.2) is 9.97 Å². The van der Waals surface area contributed by atoms with Gasteiger partial charge in [-0.05, 0) is 40.7 Å². The fraction of sp³-hybridized carbons (Fsp3) is 0.692. The number of hydrogen-bond acceptors (Lipinski definition) is 4. The van der Waals surface area contributed by atoms with E-state index in [0.717, 1.165) is 43.2 Å². The molecule has 1 aliphatic rings. The van der Waals surface area contributed by atoms with Crippen molar-refractivity contribution in [1.82, 2.24) is 15.3 Å². The number of rotatable bonds is 3. The number of hydrogen-bond donors (Lipinski definition) is 1. The van der Waals surface area contributed by atoms with E-state index < -0.39 is 0 Å². The van der Waals surface area contributed by atoms with E-state index >= 15 is 0 Å². The second-order valence-corrected chi connectivity index (χ2v) is 4.91. The summed E-state index contributed by atoms with van der Waals surface area (Å²) < 4.78 is 5.80. The average molecular weight is 235 g/mol. The van der Waals surface area contributed by atoms with Gasteiger partial charge in [-0.2, -0.15) is 0 Å². The molecule has 1 aromatic rings. The van der Waals surface area contributed by atoms with Crippen LogP contribution in [0.5, 0.6) is 0 Å². The van der Waals surface area contributed by atoms with Gasteiger partial charge in [0, 0.05) is 30.1 Å². The minimum absolute atomic E-state index is 0.284. The van der Waals surface area contributed by atoms with Crippen LogP contribution in [0.4, 0.5) is 0 Å². The zero-order valence-electron chi connectivity index (χ0n) is 11.1.